The standard InChI is InChI=1S/C16H19NO3/c1-20-16(19)17(11-13-7-3-2-4-8-13)15-10-6-5-9-14(15)12-18/h2-4,6-8,10,12,14-15H,5,9,11H2,1H3/t14-,15?/m0/s1. The number of methoxy groups -OCH3 is 1. The van der Waals surface area contributed by atoms with Crippen LogP contribution in [0.25, 0.3) is 0 Å². The molecule has 106 valence electrons. The van der Waals surface area contributed by atoms with Crippen LogP contribution in [0.2, 0.25) is 0 Å². The number of hydrogen-bond donors (Lipinski definition) is 0. The summed E-state index contributed by atoms with van der Waals surface area (Å²) in [6, 6.07) is 9.48. The van der Waals surface area contributed by atoms with E-state index in [0.717, 1.165) is 24.7 Å². The highest BCUT2D eigenvalue weighted by Gasteiger charge is 2.30. The number of benzene rings is 1. The van der Waals surface area contributed by atoms with Gasteiger partial charge in [-0.3, -0.25) is 4.90 Å². The van der Waals surface area contributed by atoms with E-state index >= 15 is 0 Å². The molecule has 0 heterocycles. The van der Waals surface area contributed by atoms with Crippen molar-refractivity contribution in [3.63, 3.8) is 0 Å². The van der Waals surface area contributed by atoms with Gasteiger partial charge in [-0.25, -0.2) is 4.79 Å². The van der Waals surface area contributed by atoms with E-state index in [1.54, 1.807) is 4.90 Å². The third-order valence-corrected chi connectivity index (χ3v) is 3.58. The van der Waals surface area contributed by atoms with Crippen LogP contribution in [0.3, 0.4) is 0 Å². The fourth-order valence-electron chi connectivity index (χ4n) is 2.51. The van der Waals surface area contributed by atoms with Gasteiger partial charge in [-0.15, -0.1) is 0 Å². The second kappa shape index (κ2) is 6.89. The molecule has 2 rings (SSSR count). The van der Waals surface area contributed by atoms with Crippen LogP contribution in [0.4, 0.5) is 4.79 Å². The lowest BCUT2D eigenvalue weighted by Gasteiger charge is -2.34. The summed E-state index contributed by atoms with van der Waals surface area (Å²) < 4.78 is 4.87. The molecule has 1 unspecified atom stereocenters. The van der Waals surface area contributed by atoms with Crippen molar-refractivity contribution in [2.24, 2.45) is 5.92 Å². The van der Waals surface area contributed by atoms with Crippen LogP contribution in [0.15, 0.2) is 42.5 Å². The maximum Gasteiger partial charge on any atom is 0.410 e. The molecule has 0 spiro atoms. The van der Waals surface area contributed by atoms with Gasteiger partial charge >= 0.3 is 6.09 Å². The minimum atomic E-state index is -0.405. The molecule has 1 amide bonds. The van der Waals surface area contributed by atoms with Crippen molar-refractivity contribution in [3.05, 3.63) is 48.0 Å². The van der Waals surface area contributed by atoms with Crippen molar-refractivity contribution >= 4 is 12.4 Å². The lowest BCUT2D eigenvalue weighted by atomic mass is 9.89. The van der Waals surface area contributed by atoms with E-state index in [4.69, 9.17) is 4.74 Å². The fraction of sp³-hybridized carbons (Fsp3) is 0.375. The second-order valence-electron chi connectivity index (χ2n) is 4.88. The number of aldehydes is 1. The van der Waals surface area contributed by atoms with Gasteiger partial charge in [-0.05, 0) is 18.4 Å². The zero-order valence-corrected chi connectivity index (χ0v) is 11.6. The van der Waals surface area contributed by atoms with Crippen molar-refractivity contribution in [2.75, 3.05) is 7.11 Å². The Morgan fingerprint density at radius 3 is 2.80 bits per heavy atom. The molecule has 0 aliphatic heterocycles. The summed E-state index contributed by atoms with van der Waals surface area (Å²) in [5.41, 5.74) is 1.02. The first-order chi connectivity index (χ1) is 9.76. The molecule has 20 heavy (non-hydrogen) atoms. The molecule has 1 aromatic rings. The number of allylic oxidation sites excluding steroid dienone is 1. The van der Waals surface area contributed by atoms with Gasteiger partial charge in [0.05, 0.1) is 13.2 Å². The quantitative estimate of drug-likeness (QED) is 0.626. The van der Waals surface area contributed by atoms with E-state index in [9.17, 15) is 9.59 Å². The molecule has 0 fully saturated rings. The molecule has 0 bridgehead atoms. The lowest BCUT2D eigenvalue weighted by Crippen LogP contribution is -2.44. The Hall–Kier alpha value is -2.10. The van der Waals surface area contributed by atoms with E-state index in [1.807, 2.05) is 42.5 Å². The van der Waals surface area contributed by atoms with Crippen LogP contribution in [0.5, 0.6) is 0 Å². The normalized spacial score (nSPS) is 21.2. The van der Waals surface area contributed by atoms with Crippen LogP contribution in [-0.2, 0) is 16.1 Å². The number of hydrogen-bond acceptors (Lipinski definition) is 3. The van der Waals surface area contributed by atoms with Crippen LogP contribution >= 0.6 is 0 Å². The number of nitrogens with zero attached hydrogens (tertiary/aromatic N) is 1. The highest BCUT2D eigenvalue weighted by atomic mass is 16.5. The number of amides is 1. The third-order valence-electron chi connectivity index (χ3n) is 3.58. The van der Waals surface area contributed by atoms with Gasteiger partial charge < -0.3 is 9.53 Å². The Morgan fingerprint density at radius 2 is 2.15 bits per heavy atom. The Morgan fingerprint density at radius 1 is 1.40 bits per heavy atom. The van der Waals surface area contributed by atoms with Gasteiger partial charge in [-0.2, -0.15) is 0 Å². The molecule has 1 aromatic carbocycles. The summed E-state index contributed by atoms with van der Waals surface area (Å²) in [6.07, 6.45) is 6.13. The highest BCUT2D eigenvalue weighted by Crippen LogP contribution is 2.24. The van der Waals surface area contributed by atoms with Crippen molar-refractivity contribution < 1.29 is 14.3 Å². The van der Waals surface area contributed by atoms with Crippen molar-refractivity contribution in [2.45, 2.75) is 25.4 Å². The molecule has 0 saturated heterocycles. The molecule has 0 aromatic heterocycles. The number of carbonyl (C=O) groups excluding carboxylic acids is 2. The van der Waals surface area contributed by atoms with Gasteiger partial charge in [0.15, 0.2) is 0 Å². The molecule has 0 saturated carbocycles. The van der Waals surface area contributed by atoms with Crippen LogP contribution < -0.4 is 0 Å². The van der Waals surface area contributed by atoms with Gasteiger partial charge in [0.1, 0.15) is 6.29 Å². The van der Waals surface area contributed by atoms with E-state index in [-0.39, 0.29) is 12.0 Å². The SMILES string of the molecule is COC(=O)N(Cc1ccccc1)C1C=CCC[C@H]1C=O. The molecule has 2 atom stereocenters. The average Bonchev–Trinajstić information content (AvgIpc) is 2.53. The topological polar surface area (TPSA) is 46.6 Å². The van der Waals surface area contributed by atoms with Crippen molar-refractivity contribution in [3.8, 4) is 0 Å². The van der Waals surface area contributed by atoms with E-state index < -0.39 is 6.09 Å². The Labute approximate surface area is 119 Å². The first-order valence-corrected chi connectivity index (χ1v) is 6.76. The monoisotopic (exact) mass is 273 g/mol. The first-order valence-electron chi connectivity index (χ1n) is 6.76. The Bertz CT molecular complexity index is 484. The smallest absolute Gasteiger partial charge is 0.410 e. The van der Waals surface area contributed by atoms with Crippen LogP contribution in [-0.4, -0.2) is 30.4 Å². The zero-order chi connectivity index (χ0) is 14.4. The minimum absolute atomic E-state index is 0.164. The summed E-state index contributed by atoms with van der Waals surface area (Å²) in [5.74, 6) is -0.164. The zero-order valence-electron chi connectivity index (χ0n) is 11.6. The summed E-state index contributed by atoms with van der Waals surface area (Å²) >= 11 is 0. The molecule has 1 aliphatic rings. The summed E-state index contributed by atoms with van der Waals surface area (Å²) in [6.45, 7) is 0.437. The summed E-state index contributed by atoms with van der Waals surface area (Å²) in [4.78, 5) is 24.9. The molecule has 1 aliphatic carbocycles. The molecule has 4 nitrogen and oxygen atoms in total. The summed E-state index contributed by atoms with van der Waals surface area (Å²) in [7, 11) is 1.36. The largest absolute Gasteiger partial charge is 0.453 e. The first kappa shape index (κ1) is 14.3. The molecule has 4 heteroatoms. The number of ether oxygens (including phenoxy) is 1. The molecule has 0 radical (unpaired) electrons. The number of rotatable bonds is 4. The highest BCUT2D eigenvalue weighted by molar-refractivity contribution is 5.69. The van der Waals surface area contributed by atoms with E-state index in [1.165, 1.54) is 7.11 Å². The second-order valence-corrected chi connectivity index (χ2v) is 4.88. The molecular formula is C16H19NO3. The third kappa shape index (κ3) is 3.26. The maximum atomic E-state index is 12.0. The van der Waals surface area contributed by atoms with Gasteiger partial charge in [0.25, 0.3) is 0 Å². The minimum Gasteiger partial charge on any atom is -0.453 e. The van der Waals surface area contributed by atoms with Gasteiger partial charge in [-0.1, -0.05) is 42.5 Å². The average molecular weight is 273 g/mol. The molecular weight excluding hydrogens is 254 g/mol. The van der Waals surface area contributed by atoms with Crippen LogP contribution in [0.1, 0.15) is 18.4 Å². The maximum absolute atomic E-state index is 12.0. The Balaban J connectivity index is 2.22. The van der Waals surface area contributed by atoms with Crippen LogP contribution in [0, 0.1) is 5.92 Å². The van der Waals surface area contributed by atoms with Gasteiger partial charge in [0, 0.05) is 12.5 Å². The van der Waals surface area contributed by atoms with Gasteiger partial charge in [0.2, 0.25) is 0 Å². The van der Waals surface area contributed by atoms with Crippen molar-refractivity contribution in [1.82, 2.24) is 4.90 Å². The summed E-state index contributed by atoms with van der Waals surface area (Å²) in [5, 5.41) is 0. The number of carbonyl (C=O) groups is 2. The predicted molar refractivity (Wildman–Crippen MR) is 76.1 cm³/mol. The van der Waals surface area contributed by atoms with E-state index in [0.29, 0.717) is 6.54 Å². The van der Waals surface area contributed by atoms with E-state index in [2.05, 4.69) is 0 Å². The lowest BCUT2D eigenvalue weighted by molar-refractivity contribution is -0.112. The predicted octanol–water partition coefficient (Wildman–Crippen LogP) is 2.79. The Kier molecular flexibility index (Phi) is 4.93. The molecule has 0 N–H and O–H groups in total. The fourth-order valence-corrected chi connectivity index (χ4v) is 2.51. The van der Waals surface area contributed by atoms with Crippen molar-refractivity contribution in [1.29, 1.82) is 0 Å².